The number of nitrogens with one attached hydrogen (secondary N) is 2. The van der Waals surface area contributed by atoms with Crippen LogP contribution in [0.4, 0.5) is 4.79 Å². The molecule has 124 valence electrons. The number of aryl methyl sites for hydroxylation is 2. The molecule has 1 aliphatic rings. The molecule has 0 aromatic heterocycles. The monoisotopic (exact) mass is 336 g/mol. The summed E-state index contributed by atoms with van der Waals surface area (Å²) in [7, 11) is 0. The van der Waals surface area contributed by atoms with E-state index in [0.717, 1.165) is 28.9 Å². The van der Waals surface area contributed by atoms with Gasteiger partial charge in [0.25, 0.3) is 5.91 Å². The van der Waals surface area contributed by atoms with Crippen molar-refractivity contribution in [3.05, 3.63) is 29.3 Å². The molecule has 0 spiro atoms. The molecule has 0 heterocycles. The molecule has 1 fully saturated rings. The molecule has 0 bridgehead atoms. The second-order valence-corrected chi connectivity index (χ2v) is 6.53. The molecular formula is C16H20N2O4S. The van der Waals surface area contributed by atoms with Crippen LogP contribution in [0.2, 0.25) is 0 Å². The first-order valence-electron chi connectivity index (χ1n) is 7.40. The minimum Gasteiger partial charge on any atom is -0.455 e. The predicted molar refractivity (Wildman–Crippen MR) is 87.3 cm³/mol. The van der Waals surface area contributed by atoms with E-state index >= 15 is 0 Å². The molecule has 1 aromatic carbocycles. The lowest BCUT2D eigenvalue weighted by atomic mass is 10.2. The van der Waals surface area contributed by atoms with Crippen molar-refractivity contribution in [1.82, 2.24) is 10.6 Å². The third kappa shape index (κ3) is 6.32. The van der Waals surface area contributed by atoms with E-state index in [-0.39, 0.29) is 11.8 Å². The summed E-state index contributed by atoms with van der Waals surface area (Å²) in [6.07, 6.45) is 1.87. The van der Waals surface area contributed by atoms with E-state index in [4.69, 9.17) is 4.74 Å². The van der Waals surface area contributed by atoms with Crippen molar-refractivity contribution >= 4 is 29.7 Å². The molecule has 6 nitrogen and oxygen atoms in total. The number of carbonyl (C=O) groups excluding carboxylic acids is 3. The normalized spacial score (nSPS) is 13.3. The van der Waals surface area contributed by atoms with Crippen LogP contribution in [0.25, 0.3) is 0 Å². The van der Waals surface area contributed by atoms with E-state index in [1.807, 2.05) is 32.0 Å². The van der Waals surface area contributed by atoms with E-state index in [2.05, 4.69) is 10.6 Å². The topological polar surface area (TPSA) is 84.5 Å². The molecule has 7 heteroatoms. The van der Waals surface area contributed by atoms with Gasteiger partial charge in [0.15, 0.2) is 6.61 Å². The van der Waals surface area contributed by atoms with Gasteiger partial charge in [-0.1, -0.05) is 17.7 Å². The van der Waals surface area contributed by atoms with Crippen LogP contribution in [0, 0.1) is 13.8 Å². The molecule has 2 rings (SSSR count). The van der Waals surface area contributed by atoms with Gasteiger partial charge in [0.2, 0.25) is 0 Å². The van der Waals surface area contributed by atoms with Crippen LogP contribution in [0.15, 0.2) is 23.1 Å². The fourth-order valence-corrected chi connectivity index (χ4v) is 2.71. The van der Waals surface area contributed by atoms with Gasteiger partial charge < -0.3 is 10.1 Å². The number of benzene rings is 1. The van der Waals surface area contributed by atoms with Crippen molar-refractivity contribution < 1.29 is 19.1 Å². The number of hydrogen-bond donors (Lipinski definition) is 2. The number of esters is 1. The summed E-state index contributed by atoms with van der Waals surface area (Å²) in [6, 6.07) is 5.60. The maximum absolute atomic E-state index is 11.6. The van der Waals surface area contributed by atoms with Gasteiger partial charge in [0, 0.05) is 10.9 Å². The van der Waals surface area contributed by atoms with Crippen molar-refractivity contribution in [1.29, 1.82) is 0 Å². The summed E-state index contributed by atoms with van der Waals surface area (Å²) in [5.74, 6) is -1.01. The number of urea groups is 1. The highest BCUT2D eigenvalue weighted by molar-refractivity contribution is 8.00. The molecule has 0 radical (unpaired) electrons. The Morgan fingerprint density at radius 3 is 2.65 bits per heavy atom. The standard InChI is InChI=1S/C16H20N2O4S/c1-10-3-6-13(11(2)7-10)23-9-15(20)22-8-14(19)18-16(21)17-12-4-5-12/h3,6-7,12H,4-5,8-9H2,1-2H3,(H2,17,18,19,21). The maximum Gasteiger partial charge on any atom is 0.321 e. The number of amides is 3. The predicted octanol–water partition coefficient (Wildman–Crippen LogP) is 1.93. The minimum absolute atomic E-state index is 0.117. The van der Waals surface area contributed by atoms with Crippen molar-refractivity contribution in [3.63, 3.8) is 0 Å². The van der Waals surface area contributed by atoms with Crippen LogP contribution in [-0.4, -0.2) is 36.3 Å². The number of carbonyl (C=O) groups is 3. The molecule has 1 aliphatic carbocycles. The molecule has 3 amide bonds. The van der Waals surface area contributed by atoms with Crippen LogP contribution >= 0.6 is 11.8 Å². The Morgan fingerprint density at radius 2 is 2.00 bits per heavy atom. The van der Waals surface area contributed by atoms with Crippen LogP contribution in [0.1, 0.15) is 24.0 Å². The van der Waals surface area contributed by atoms with Gasteiger partial charge in [-0.05, 0) is 38.3 Å². The molecule has 2 N–H and O–H groups in total. The fraction of sp³-hybridized carbons (Fsp3) is 0.438. The molecule has 0 atom stereocenters. The minimum atomic E-state index is -0.631. The Labute approximate surface area is 139 Å². The third-order valence-corrected chi connectivity index (χ3v) is 4.35. The molecular weight excluding hydrogens is 316 g/mol. The number of thioether (sulfide) groups is 1. The van der Waals surface area contributed by atoms with Gasteiger partial charge in [-0.2, -0.15) is 0 Å². The van der Waals surface area contributed by atoms with Gasteiger partial charge in [0.05, 0.1) is 5.75 Å². The highest BCUT2D eigenvalue weighted by Gasteiger charge is 2.24. The molecule has 1 saturated carbocycles. The lowest BCUT2D eigenvalue weighted by Gasteiger charge is -2.08. The van der Waals surface area contributed by atoms with Crippen LogP contribution in [0.5, 0.6) is 0 Å². The quantitative estimate of drug-likeness (QED) is 0.612. The average molecular weight is 336 g/mol. The first kappa shape index (κ1) is 17.3. The van der Waals surface area contributed by atoms with Crippen LogP contribution in [-0.2, 0) is 14.3 Å². The first-order chi connectivity index (χ1) is 10.9. The summed E-state index contributed by atoms with van der Waals surface area (Å²) in [6.45, 7) is 3.53. The highest BCUT2D eigenvalue weighted by atomic mass is 32.2. The number of ether oxygens (including phenoxy) is 1. The summed E-state index contributed by atoms with van der Waals surface area (Å²) in [5, 5.41) is 4.74. The van der Waals surface area contributed by atoms with Gasteiger partial charge >= 0.3 is 12.0 Å². The third-order valence-electron chi connectivity index (χ3n) is 3.21. The number of rotatable bonds is 6. The van der Waals surface area contributed by atoms with Gasteiger partial charge in [-0.25, -0.2) is 4.79 Å². The lowest BCUT2D eigenvalue weighted by Crippen LogP contribution is -2.42. The Morgan fingerprint density at radius 1 is 1.26 bits per heavy atom. The largest absolute Gasteiger partial charge is 0.455 e. The second-order valence-electron chi connectivity index (χ2n) is 5.51. The molecule has 0 saturated heterocycles. The second kappa shape index (κ2) is 8.01. The maximum atomic E-state index is 11.6. The summed E-state index contributed by atoms with van der Waals surface area (Å²) >= 11 is 1.36. The van der Waals surface area contributed by atoms with E-state index < -0.39 is 24.5 Å². The average Bonchev–Trinajstić information content (AvgIpc) is 3.28. The number of hydrogen-bond acceptors (Lipinski definition) is 5. The van der Waals surface area contributed by atoms with Crippen LogP contribution in [0.3, 0.4) is 0 Å². The lowest BCUT2D eigenvalue weighted by molar-refractivity contribution is -0.145. The summed E-state index contributed by atoms with van der Waals surface area (Å²) in [4.78, 5) is 35.5. The first-order valence-corrected chi connectivity index (χ1v) is 8.38. The summed E-state index contributed by atoms with van der Waals surface area (Å²) in [5.41, 5.74) is 2.26. The highest BCUT2D eigenvalue weighted by Crippen LogP contribution is 2.23. The van der Waals surface area contributed by atoms with E-state index in [1.165, 1.54) is 11.8 Å². The van der Waals surface area contributed by atoms with Gasteiger partial charge in [-0.15, -0.1) is 11.8 Å². The van der Waals surface area contributed by atoms with E-state index in [9.17, 15) is 14.4 Å². The van der Waals surface area contributed by atoms with E-state index in [1.54, 1.807) is 0 Å². The van der Waals surface area contributed by atoms with Crippen molar-refractivity contribution in [2.75, 3.05) is 12.4 Å². The zero-order valence-corrected chi connectivity index (χ0v) is 14.0. The Hall–Kier alpha value is -2.02. The molecule has 1 aromatic rings. The fourth-order valence-electron chi connectivity index (χ4n) is 1.90. The van der Waals surface area contributed by atoms with Crippen molar-refractivity contribution in [2.45, 2.75) is 37.6 Å². The zero-order chi connectivity index (χ0) is 16.8. The van der Waals surface area contributed by atoms with Gasteiger partial charge in [-0.3, -0.25) is 14.9 Å². The molecule has 0 aliphatic heterocycles. The van der Waals surface area contributed by atoms with Crippen LogP contribution < -0.4 is 10.6 Å². The van der Waals surface area contributed by atoms with Gasteiger partial charge in [0.1, 0.15) is 0 Å². The summed E-state index contributed by atoms with van der Waals surface area (Å²) < 4.78 is 4.86. The number of imide groups is 1. The smallest absolute Gasteiger partial charge is 0.321 e. The van der Waals surface area contributed by atoms with E-state index in [0.29, 0.717) is 0 Å². The zero-order valence-electron chi connectivity index (χ0n) is 13.2. The molecule has 23 heavy (non-hydrogen) atoms. The molecule has 0 unspecified atom stereocenters. The van der Waals surface area contributed by atoms with Crippen molar-refractivity contribution in [2.24, 2.45) is 0 Å². The SMILES string of the molecule is Cc1ccc(SCC(=O)OCC(=O)NC(=O)NC2CC2)c(C)c1. The Balaban J connectivity index is 1.65. The Bertz CT molecular complexity index is 614. The van der Waals surface area contributed by atoms with Crippen molar-refractivity contribution in [3.8, 4) is 0 Å². The Kier molecular flexibility index (Phi) is 6.04.